The van der Waals surface area contributed by atoms with Crippen LogP contribution in [0.15, 0.2) is 60.7 Å². The summed E-state index contributed by atoms with van der Waals surface area (Å²) in [7, 11) is 1.55. The minimum Gasteiger partial charge on any atom is -0.459 e. The van der Waals surface area contributed by atoms with Crippen LogP contribution in [0.3, 0.4) is 0 Å². The average Bonchev–Trinajstić information content (AvgIpc) is 2.67. The Morgan fingerprint density at radius 2 is 1.24 bits per heavy atom. The van der Waals surface area contributed by atoms with Crippen LogP contribution in [0, 0.1) is 0 Å². The zero-order valence-electron chi connectivity index (χ0n) is 14.5. The number of likely N-dealkylation sites (N-methyl/N-ethyl adjacent to an activating group) is 1. The molecular formula is C20H23NO4. The van der Waals surface area contributed by atoms with Gasteiger partial charge in [-0.15, -0.1) is 0 Å². The van der Waals surface area contributed by atoms with Gasteiger partial charge in [0.1, 0.15) is 13.2 Å². The van der Waals surface area contributed by atoms with Crippen LogP contribution in [0.5, 0.6) is 0 Å². The molecule has 0 spiro atoms. The summed E-state index contributed by atoms with van der Waals surface area (Å²) in [4.78, 5) is 25.1. The number of hydrogen-bond acceptors (Lipinski definition) is 5. The highest BCUT2D eigenvalue weighted by atomic mass is 16.6. The first-order valence-electron chi connectivity index (χ1n) is 8.23. The van der Waals surface area contributed by atoms with Gasteiger partial charge in [-0.3, -0.25) is 5.32 Å². The zero-order chi connectivity index (χ0) is 18.1. The number of rotatable bonds is 8. The monoisotopic (exact) mass is 341 g/mol. The molecule has 0 aliphatic heterocycles. The maximum Gasteiger partial charge on any atom is 0.338 e. The second-order valence-corrected chi connectivity index (χ2v) is 5.63. The molecule has 1 N–H and O–H groups in total. The Morgan fingerprint density at radius 3 is 1.56 bits per heavy atom. The van der Waals surface area contributed by atoms with Gasteiger partial charge in [-0.25, -0.2) is 9.59 Å². The Bertz CT molecular complexity index is 624. The van der Waals surface area contributed by atoms with Crippen LogP contribution in [-0.4, -0.2) is 24.5 Å². The standard InChI is InChI=1S/C20H23NO4/c1-3-20(21-2,18(22)24-14-16-10-6-4-7-11-16)19(23)25-15-17-12-8-5-9-13-17/h4-13,21H,3,14-15H2,1-2H3. The van der Waals surface area contributed by atoms with E-state index >= 15 is 0 Å². The molecule has 25 heavy (non-hydrogen) atoms. The third-order valence-electron chi connectivity index (χ3n) is 4.08. The predicted octanol–water partition coefficient (Wildman–Crippen LogP) is 2.84. The Morgan fingerprint density at radius 1 is 0.840 bits per heavy atom. The fourth-order valence-corrected chi connectivity index (χ4v) is 2.45. The number of carbonyl (C=O) groups is 2. The molecule has 2 aromatic rings. The van der Waals surface area contributed by atoms with Gasteiger partial charge < -0.3 is 9.47 Å². The topological polar surface area (TPSA) is 64.6 Å². The Labute approximate surface area is 148 Å². The number of hydrogen-bond donors (Lipinski definition) is 1. The molecule has 0 saturated heterocycles. The highest BCUT2D eigenvalue weighted by Gasteiger charge is 2.46. The molecule has 2 rings (SSSR count). The number of esters is 2. The molecule has 0 unspecified atom stereocenters. The van der Waals surface area contributed by atoms with Crippen molar-refractivity contribution in [3.05, 3.63) is 71.8 Å². The lowest BCUT2D eigenvalue weighted by atomic mass is 9.96. The molecule has 0 heterocycles. The molecule has 0 aromatic heterocycles. The number of carbonyl (C=O) groups excluding carboxylic acids is 2. The van der Waals surface area contributed by atoms with E-state index in [0.29, 0.717) is 0 Å². The van der Waals surface area contributed by atoms with E-state index in [1.807, 2.05) is 60.7 Å². The molecule has 132 valence electrons. The lowest BCUT2D eigenvalue weighted by Gasteiger charge is -2.27. The molecule has 0 aliphatic rings. The second-order valence-electron chi connectivity index (χ2n) is 5.63. The molecule has 0 saturated carbocycles. The summed E-state index contributed by atoms with van der Waals surface area (Å²) < 4.78 is 10.7. The fraction of sp³-hybridized carbons (Fsp3) is 0.300. The molecule has 2 aromatic carbocycles. The van der Waals surface area contributed by atoms with Crippen molar-refractivity contribution in [3.8, 4) is 0 Å². The highest BCUT2D eigenvalue weighted by Crippen LogP contribution is 2.17. The smallest absolute Gasteiger partial charge is 0.338 e. The maximum absolute atomic E-state index is 12.6. The molecule has 0 fully saturated rings. The molecule has 0 atom stereocenters. The van der Waals surface area contributed by atoms with Crippen LogP contribution < -0.4 is 5.32 Å². The van der Waals surface area contributed by atoms with Crippen molar-refractivity contribution in [2.24, 2.45) is 0 Å². The summed E-state index contributed by atoms with van der Waals surface area (Å²) in [6, 6.07) is 18.6. The quantitative estimate of drug-likeness (QED) is 0.591. The van der Waals surface area contributed by atoms with Crippen molar-refractivity contribution < 1.29 is 19.1 Å². The van der Waals surface area contributed by atoms with E-state index in [0.717, 1.165) is 11.1 Å². The summed E-state index contributed by atoms with van der Waals surface area (Å²) in [6.45, 7) is 1.95. The third-order valence-corrected chi connectivity index (χ3v) is 4.08. The number of benzene rings is 2. The summed E-state index contributed by atoms with van der Waals surface area (Å²) in [6.07, 6.45) is 0.227. The summed E-state index contributed by atoms with van der Waals surface area (Å²) in [5.74, 6) is -1.28. The van der Waals surface area contributed by atoms with E-state index in [1.54, 1.807) is 14.0 Å². The maximum atomic E-state index is 12.6. The van der Waals surface area contributed by atoms with Gasteiger partial charge >= 0.3 is 11.9 Å². The van der Waals surface area contributed by atoms with E-state index < -0.39 is 17.5 Å². The first-order chi connectivity index (χ1) is 12.1. The zero-order valence-corrected chi connectivity index (χ0v) is 14.5. The first kappa shape index (κ1) is 18.7. The first-order valence-corrected chi connectivity index (χ1v) is 8.23. The second kappa shape index (κ2) is 8.99. The van der Waals surface area contributed by atoms with E-state index in [1.165, 1.54) is 0 Å². The van der Waals surface area contributed by atoms with Crippen molar-refractivity contribution in [3.63, 3.8) is 0 Å². The SMILES string of the molecule is CCC(NC)(C(=O)OCc1ccccc1)C(=O)OCc1ccccc1. The fourth-order valence-electron chi connectivity index (χ4n) is 2.45. The van der Waals surface area contributed by atoms with Crippen LogP contribution in [0.1, 0.15) is 24.5 Å². The molecule has 0 bridgehead atoms. The van der Waals surface area contributed by atoms with Crippen molar-refractivity contribution >= 4 is 11.9 Å². The van der Waals surface area contributed by atoms with Gasteiger partial charge in [0.2, 0.25) is 5.54 Å². The van der Waals surface area contributed by atoms with E-state index in [-0.39, 0.29) is 19.6 Å². The molecule has 0 radical (unpaired) electrons. The third kappa shape index (κ3) is 4.67. The predicted molar refractivity (Wildman–Crippen MR) is 94.6 cm³/mol. The van der Waals surface area contributed by atoms with Gasteiger partial charge in [-0.2, -0.15) is 0 Å². The molecule has 0 amide bonds. The van der Waals surface area contributed by atoms with E-state index in [4.69, 9.17) is 9.47 Å². The van der Waals surface area contributed by atoms with Gasteiger partial charge in [0.25, 0.3) is 0 Å². The molecule has 5 nitrogen and oxygen atoms in total. The van der Waals surface area contributed by atoms with Gasteiger partial charge in [-0.1, -0.05) is 67.6 Å². The number of nitrogens with one attached hydrogen (secondary N) is 1. The van der Waals surface area contributed by atoms with Gasteiger partial charge in [-0.05, 0) is 24.6 Å². The minimum atomic E-state index is -1.51. The normalized spacial score (nSPS) is 11.0. The van der Waals surface area contributed by atoms with Crippen molar-refractivity contribution in [1.29, 1.82) is 0 Å². The Hall–Kier alpha value is -2.66. The largest absolute Gasteiger partial charge is 0.459 e. The summed E-state index contributed by atoms with van der Waals surface area (Å²) in [5.41, 5.74) is 0.202. The van der Waals surface area contributed by atoms with Crippen molar-refractivity contribution in [2.45, 2.75) is 32.1 Å². The van der Waals surface area contributed by atoms with Gasteiger partial charge in [0, 0.05) is 0 Å². The highest BCUT2D eigenvalue weighted by molar-refractivity contribution is 6.04. The van der Waals surface area contributed by atoms with Crippen LogP contribution in [0.2, 0.25) is 0 Å². The average molecular weight is 341 g/mol. The Balaban J connectivity index is 2.02. The van der Waals surface area contributed by atoms with E-state index in [2.05, 4.69) is 5.32 Å². The summed E-state index contributed by atoms with van der Waals surface area (Å²) in [5, 5.41) is 2.79. The Kier molecular flexibility index (Phi) is 6.71. The summed E-state index contributed by atoms with van der Waals surface area (Å²) >= 11 is 0. The molecular weight excluding hydrogens is 318 g/mol. The lowest BCUT2D eigenvalue weighted by Crippen LogP contribution is -2.57. The van der Waals surface area contributed by atoms with Crippen LogP contribution >= 0.6 is 0 Å². The molecule has 0 aliphatic carbocycles. The van der Waals surface area contributed by atoms with Crippen LogP contribution in [-0.2, 0) is 32.3 Å². The van der Waals surface area contributed by atoms with E-state index in [9.17, 15) is 9.59 Å². The minimum absolute atomic E-state index is 0.106. The van der Waals surface area contributed by atoms with Crippen molar-refractivity contribution in [2.75, 3.05) is 7.05 Å². The van der Waals surface area contributed by atoms with Gasteiger partial charge in [0.05, 0.1) is 0 Å². The van der Waals surface area contributed by atoms with Crippen LogP contribution in [0.4, 0.5) is 0 Å². The number of ether oxygens (including phenoxy) is 2. The van der Waals surface area contributed by atoms with Gasteiger partial charge in [0.15, 0.2) is 0 Å². The van der Waals surface area contributed by atoms with Crippen LogP contribution in [0.25, 0.3) is 0 Å². The lowest BCUT2D eigenvalue weighted by molar-refractivity contribution is -0.168. The van der Waals surface area contributed by atoms with Crippen molar-refractivity contribution in [1.82, 2.24) is 5.32 Å². The molecule has 5 heteroatoms.